The molecule has 164 valence electrons. The van der Waals surface area contributed by atoms with Crippen LogP contribution in [0.4, 0.5) is 10.6 Å². The van der Waals surface area contributed by atoms with Gasteiger partial charge in [0.05, 0.1) is 17.8 Å². The summed E-state index contributed by atoms with van der Waals surface area (Å²) in [6, 6.07) is 1.11. The minimum Gasteiger partial charge on any atom is -0.443 e. The molecule has 1 aliphatic rings. The zero-order valence-electron chi connectivity index (χ0n) is 17.9. The number of carbonyl (C=O) groups excluding carboxylic acids is 2. The summed E-state index contributed by atoms with van der Waals surface area (Å²) in [7, 11) is 1.53. The summed E-state index contributed by atoms with van der Waals surface area (Å²) in [5, 5.41) is 17.8. The fourth-order valence-electron chi connectivity index (χ4n) is 3.52. The second-order valence-electron chi connectivity index (χ2n) is 8.90. The maximum atomic E-state index is 12.9. The van der Waals surface area contributed by atoms with Gasteiger partial charge < -0.3 is 15.2 Å². The molecule has 30 heavy (non-hydrogen) atoms. The highest BCUT2D eigenvalue weighted by atomic mass is 35.5. The lowest BCUT2D eigenvalue weighted by molar-refractivity contribution is -0.00860. The van der Waals surface area contributed by atoms with E-state index in [1.165, 1.54) is 28.7 Å². The molecule has 1 saturated carbocycles. The minimum absolute atomic E-state index is 0.104. The largest absolute Gasteiger partial charge is 0.443 e. The normalized spacial score (nSPS) is 22.0. The molecule has 0 aromatic carbocycles. The molecule has 2 N–H and O–H groups in total. The number of aromatic nitrogens is 3. The average Bonchev–Trinajstić information content (AvgIpc) is 3.04. The Morgan fingerprint density at radius 1 is 1.40 bits per heavy atom. The minimum atomic E-state index is -0.968. The number of nitrogens with one attached hydrogen (secondary N) is 1. The number of amides is 2. The molecule has 1 fully saturated rings. The lowest BCUT2D eigenvalue weighted by Crippen LogP contribution is -2.52. The highest BCUT2D eigenvalue weighted by Crippen LogP contribution is 2.29. The van der Waals surface area contributed by atoms with Gasteiger partial charge in [-0.05, 0) is 40.5 Å². The lowest BCUT2D eigenvalue weighted by atomic mass is 9.81. The monoisotopic (exact) mass is 437 g/mol. The van der Waals surface area contributed by atoms with E-state index in [9.17, 15) is 14.7 Å². The Morgan fingerprint density at radius 3 is 2.73 bits per heavy atom. The van der Waals surface area contributed by atoms with Gasteiger partial charge >= 0.3 is 6.09 Å². The van der Waals surface area contributed by atoms with E-state index >= 15 is 0 Å². The zero-order chi connectivity index (χ0) is 22.3. The van der Waals surface area contributed by atoms with Crippen LogP contribution in [0.1, 0.15) is 63.7 Å². The van der Waals surface area contributed by atoms with Crippen LogP contribution in [0.15, 0.2) is 12.3 Å². The molecule has 2 atom stereocenters. The van der Waals surface area contributed by atoms with Crippen molar-refractivity contribution in [3.8, 4) is 0 Å². The van der Waals surface area contributed by atoms with E-state index in [0.29, 0.717) is 18.7 Å². The standard InChI is InChI=1S/C20H28ClN5O4/c1-19(2,3)30-18(28)25(5)15-10-14(21)24-16-12(11-22-26(15)16)17(27)23-13-8-6-7-9-20(13,4)29/h10-11,13,29H,6-9H2,1-5H3,(H,23,27)/t13-,20-/m0/s1. The van der Waals surface area contributed by atoms with E-state index in [2.05, 4.69) is 15.4 Å². The Kier molecular flexibility index (Phi) is 5.97. The molecule has 9 nitrogen and oxygen atoms in total. The highest BCUT2D eigenvalue weighted by molar-refractivity contribution is 6.30. The van der Waals surface area contributed by atoms with Gasteiger partial charge in [-0.2, -0.15) is 9.61 Å². The molecular weight excluding hydrogens is 410 g/mol. The number of aliphatic hydroxyl groups is 1. The molecule has 2 heterocycles. The summed E-state index contributed by atoms with van der Waals surface area (Å²) in [6.45, 7) is 7.04. The summed E-state index contributed by atoms with van der Waals surface area (Å²) in [5.74, 6) is -0.0965. The van der Waals surface area contributed by atoms with Crippen molar-refractivity contribution in [2.45, 2.75) is 70.6 Å². The van der Waals surface area contributed by atoms with Crippen LogP contribution in [0.3, 0.4) is 0 Å². The summed E-state index contributed by atoms with van der Waals surface area (Å²) in [6.07, 6.45) is 3.96. The number of halogens is 1. The van der Waals surface area contributed by atoms with Crippen molar-refractivity contribution in [2.75, 3.05) is 11.9 Å². The number of ether oxygens (including phenoxy) is 1. The third-order valence-electron chi connectivity index (χ3n) is 5.16. The lowest BCUT2D eigenvalue weighted by Gasteiger charge is -2.37. The van der Waals surface area contributed by atoms with Crippen LogP contribution in [0, 0.1) is 0 Å². The first kappa shape index (κ1) is 22.3. The first-order valence-electron chi connectivity index (χ1n) is 9.93. The average molecular weight is 438 g/mol. The number of hydrogen-bond donors (Lipinski definition) is 2. The van der Waals surface area contributed by atoms with Crippen molar-refractivity contribution in [3.63, 3.8) is 0 Å². The third-order valence-corrected chi connectivity index (χ3v) is 5.35. The van der Waals surface area contributed by atoms with E-state index in [1.54, 1.807) is 27.7 Å². The van der Waals surface area contributed by atoms with Crippen molar-refractivity contribution >= 4 is 35.1 Å². The maximum Gasteiger partial charge on any atom is 0.415 e. The van der Waals surface area contributed by atoms with Gasteiger partial charge in [-0.25, -0.2) is 9.78 Å². The maximum absolute atomic E-state index is 12.9. The molecule has 0 radical (unpaired) electrons. The second kappa shape index (κ2) is 8.03. The topological polar surface area (TPSA) is 109 Å². The SMILES string of the molecule is CN(C(=O)OC(C)(C)C)c1cc(Cl)nc2c(C(=O)N[C@H]3CCCC[C@]3(C)O)cnn12. The molecule has 0 aliphatic heterocycles. The molecule has 1 aliphatic carbocycles. The van der Waals surface area contributed by atoms with E-state index in [-0.39, 0.29) is 22.4 Å². The van der Waals surface area contributed by atoms with Gasteiger partial charge in [0.2, 0.25) is 0 Å². The van der Waals surface area contributed by atoms with Crippen LogP contribution in [-0.4, -0.2) is 56.0 Å². The zero-order valence-corrected chi connectivity index (χ0v) is 18.7. The number of carbonyl (C=O) groups is 2. The van der Waals surface area contributed by atoms with E-state index in [1.807, 2.05) is 0 Å². The Balaban J connectivity index is 1.92. The summed E-state index contributed by atoms with van der Waals surface area (Å²) < 4.78 is 6.76. The summed E-state index contributed by atoms with van der Waals surface area (Å²) in [4.78, 5) is 30.9. The number of hydrogen-bond acceptors (Lipinski definition) is 6. The summed E-state index contributed by atoms with van der Waals surface area (Å²) in [5.41, 5.74) is -1.23. The van der Waals surface area contributed by atoms with Gasteiger partial charge in [0.15, 0.2) is 5.65 Å². The van der Waals surface area contributed by atoms with E-state index in [0.717, 1.165) is 12.8 Å². The predicted molar refractivity (Wildman–Crippen MR) is 113 cm³/mol. The summed E-state index contributed by atoms with van der Waals surface area (Å²) >= 11 is 6.17. The first-order chi connectivity index (χ1) is 13.9. The van der Waals surface area contributed by atoms with Gasteiger partial charge in [-0.1, -0.05) is 24.4 Å². The fourth-order valence-corrected chi connectivity index (χ4v) is 3.70. The Morgan fingerprint density at radius 2 is 2.10 bits per heavy atom. The van der Waals surface area contributed by atoms with Crippen LogP contribution in [0.25, 0.3) is 5.65 Å². The third kappa shape index (κ3) is 4.67. The van der Waals surface area contributed by atoms with Crippen LogP contribution in [0.5, 0.6) is 0 Å². The fraction of sp³-hybridized carbons (Fsp3) is 0.600. The first-order valence-corrected chi connectivity index (χ1v) is 10.3. The van der Waals surface area contributed by atoms with E-state index < -0.39 is 23.2 Å². The number of nitrogens with zero attached hydrogens (tertiary/aromatic N) is 4. The molecule has 0 bridgehead atoms. The van der Waals surface area contributed by atoms with Gasteiger partial charge in [-0.3, -0.25) is 9.69 Å². The molecular formula is C20H28ClN5O4. The number of rotatable bonds is 3. The van der Waals surface area contributed by atoms with Gasteiger partial charge in [0, 0.05) is 13.1 Å². The van der Waals surface area contributed by atoms with Crippen LogP contribution >= 0.6 is 11.6 Å². The highest BCUT2D eigenvalue weighted by Gasteiger charge is 2.36. The van der Waals surface area contributed by atoms with Crippen LogP contribution in [-0.2, 0) is 4.74 Å². The molecule has 2 aromatic rings. The van der Waals surface area contributed by atoms with Crippen LogP contribution < -0.4 is 10.2 Å². The van der Waals surface area contributed by atoms with Gasteiger partial charge in [0.25, 0.3) is 5.91 Å². The number of fused-ring (bicyclic) bond motifs is 1. The number of anilines is 1. The molecule has 0 saturated heterocycles. The molecule has 2 amide bonds. The Labute approximate surface area is 180 Å². The molecule has 0 spiro atoms. The van der Waals surface area contributed by atoms with Crippen molar-refractivity contribution in [2.24, 2.45) is 0 Å². The van der Waals surface area contributed by atoms with Crippen molar-refractivity contribution in [1.29, 1.82) is 0 Å². The molecule has 3 rings (SSSR count). The Bertz CT molecular complexity index is 966. The second-order valence-corrected chi connectivity index (χ2v) is 9.29. The molecule has 0 unspecified atom stereocenters. The van der Waals surface area contributed by atoms with Gasteiger partial charge in [-0.15, -0.1) is 0 Å². The predicted octanol–water partition coefficient (Wildman–Crippen LogP) is 3.18. The van der Waals surface area contributed by atoms with Crippen molar-refractivity contribution in [1.82, 2.24) is 19.9 Å². The quantitative estimate of drug-likeness (QED) is 0.714. The van der Waals surface area contributed by atoms with E-state index in [4.69, 9.17) is 16.3 Å². The smallest absolute Gasteiger partial charge is 0.415 e. The molecule has 10 heteroatoms. The van der Waals surface area contributed by atoms with Gasteiger partial charge in [0.1, 0.15) is 22.1 Å². The van der Waals surface area contributed by atoms with Crippen LogP contribution in [0.2, 0.25) is 5.15 Å². The molecule has 2 aromatic heterocycles. The Hall–Kier alpha value is -2.39. The van der Waals surface area contributed by atoms with Crippen molar-refractivity contribution in [3.05, 3.63) is 23.0 Å². The van der Waals surface area contributed by atoms with Crippen molar-refractivity contribution < 1.29 is 19.4 Å².